The highest BCUT2D eigenvalue weighted by Gasteiger charge is 2.17. The van der Waals surface area contributed by atoms with E-state index in [-0.39, 0.29) is 4.90 Å². The van der Waals surface area contributed by atoms with Gasteiger partial charge in [0.25, 0.3) is 10.0 Å². The van der Waals surface area contributed by atoms with Crippen molar-refractivity contribution in [2.45, 2.75) is 18.2 Å². The van der Waals surface area contributed by atoms with Gasteiger partial charge in [-0.05, 0) is 29.3 Å². The van der Waals surface area contributed by atoms with Crippen LogP contribution in [0.1, 0.15) is 13.3 Å². The van der Waals surface area contributed by atoms with E-state index in [0.717, 1.165) is 17.2 Å². The van der Waals surface area contributed by atoms with Crippen LogP contribution in [0.2, 0.25) is 0 Å². The van der Waals surface area contributed by atoms with Gasteiger partial charge in [-0.2, -0.15) is 0 Å². The summed E-state index contributed by atoms with van der Waals surface area (Å²) >= 11 is 0. The van der Waals surface area contributed by atoms with E-state index in [1.54, 1.807) is 12.1 Å². The molecule has 0 aliphatic rings. The SMILES string of the molecule is CCCNC(=O)NS(=O)(=O)c1ccc2ccccc2c1. The first-order chi connectivity index (χ1) is 9.53. The van der Waals surface area contributed by atoms with Gasteiger partial charge in [0.1, 0.15) is 0 Å². The predicted octanol–water partition coefficient (Wildman–Crippen LogP) is 2.24. The van der Waals surface area contributed by atoms with Gasteiger partial charge < -0.3 is 5.32 Å². The molecule has 106 valence electrons. The van der Waals surface area contributed by atoms with Gasteiger partial charge >= 0.3 is 6.03 Å². The molecule has 0 heterocycles. The Balaban J connectivity index is 2.25. The molecule has 0 radical (unpaired) electrons. The fourth-order valence-corrected chi connectivity index (χ4v) is 2.75. The molecule has 0 saturated carbocycles. The molecule has 2 aromatic carbocycles. The molecule has 2 N–H and O–H groups in total. The van der Waals surface area contributed by atoms with E-state index in [2.05, 4.69) is 5.32 Å². The van der Waals surface area contributed by atoms with Crippen LogP contribution in [0.4, 0.5) is 4.79 Å². The van der Waals surface area contributed by atoms with Crippen LogP contribution in [-0.4, -0.2) is 21.0 Å². The average molecular weight is 292 g/mol. The van der Waals surface area contributed by atoms with Crippen molar-refractivity contribution in [1.82, 2.24) is 10.0 Å². The third-order valence-electron chi connectivity index (χ3n) is 2.79. The molecule has 0 spiro atoms. The second kappa shape index (κ2) is 5.92. The lowest BCUT2D eigenvalue weighted by Gasteiger charge is -2.08. The average Bonchev–Trinajstić information content (AvgIpc) is 2.44. The smallest absolute Gasteiger partial charge is 0.328 e. The monoisotopic (exact) mass is 292 g/mol. The number of rotatable bonds is 4. The molecule has 5 nitrogen and oxygen atoms in total. The van der Waals surface area contributed by atoms with Crippen molar-refractivity contribution in [2.75, 3.05) is 6.54 Å². The number of hydrogen-bond acceptors (Lipinski definition) is 3. The normalized spacial score (nSPS) is 11.2. The van der Waals surface area contributed by atoms with Crippen LogP contribution in [0.15, 0.2) is 47.4 Å². The molecule has 0 unspecified atom stereocenters. The lowest BCUT2D eigenvalue weighted by molar-refractivity contribution is 0.246. The van der Waals surface area contributed by atoms with E-state index >= 15 is 0 Å². The second-order valence-electron chi connectivity index (χ2n) is 4.37. The van der Waals surface area contributed by atoms with E-state index in [9.17, 15) is 13.2 Å². The number of benzene rings is 2. The summed E-state index contributed by atoms with van der Waals surface area (Å²) in [5.74, 6) is 0. The fraction of sp³-hybridized carbons (Fsp3) is 0.214. The standard InChI is InChI=1S/C14H16N2O3S/c1-2-9-15-14(17)16-20(18,19)13-8-7-11-5-3-4-6-12(11)10-13/h3-8,10H,2,9H2,1H3,(H2,15,16,17). The predicted molar refractivity (Wildman–Crippen MR) is 78.0 cm³/mol. The zero-order valence-corrected chi connectivity index (χ0v) is 11.9. The number of urea groups is 1. The topological polar surface area (TPSA) is 75.3 Å². The number of carbonyl (C=O) groups is 1. The number of carbonyl (C=O) groups excluding carboxylic acids is 1. The maximum Gasteiger partial charge on any atom is 0.328 e. The molecular formula is C14H16N2O3S. The minimum atomic E-state index is -3.84. The molecule has 0 atom stereocenters. The Morgan fingerprint density at radius 2 is 1.80 bits per heavy atom. The number of fused-ring (bicyclic) bond motifs is 1. The van der Waals surface area contributed by atoms with E-state index < -0.39 is 16.1 Å². The zero-order chi connectivity index (χ0) is 14.6. The molecule has 0 bridgehead atoms. The Labute approximate surface area is 118 Å². The lowest BCUT2D eigenvalue weighted by atomic mass is 10.1. The largest absolute Gasteiger partial charge is 0.337 e. The van der Waals surface area contributed by atoms with Crippen LogP contribution < -0.4 is 10.0 Å². The molecule has 0 aromatic heterocycles. The second-order valence-corrected chi connectivity index (χ2v) is 6.05. The van der Waals surface area contributed by atoms with Crippen LogP contribution in [-0.2, 0) is 10.0 Å². The number of hydrogen-bond donors (Lipinski definition) is 2. The van der Waals surface area contributed by atoms with Gasteiger partial charge in [0.15, 0.2) is 0 Å². The quantitative estimate of drug-likeness (QED) is 0.907. The highest BCUT2D eigenvalue weighted by Crippen LogP contribution is 2.18. The van der Waals surface area contributed by atoms with Gasteiger partial charge in [-0.25, -0.2) is 17.9 Å². The van der Waals surface area contributed by atoms with Crippen molar-refractivity contribution in [3.8, 4) is 0 Å². The summed E-state index contributed by atoms with van der Waals surface area (Å²) in [6.07, 6.45) is 0.740. The third-order valence-corrected chi connectivity index (χ3v) is 4.12. The first-order valence-electron chi connectivity index (χ1n) is 6.32. The van der Waals surface area contributed by atoms with Gasteiger partial charge in [-0.3, -0.25) is 0 Å². The maximum atomic E-state index is 12.1. The van der Waals surface area contributed by atoms with Gasteiger partial charge in [0, 0.05) is 6.54 Å². The highest BCUT2D eigenvalue weighted by molar-refractivity contribution is 7.90. The summed E-state index contributed by atoms with van der Waals surface area (Å²) in [6, 6.07) is 11.5. The molecular weight excluding hydrogens is 276 g/mol. The van der Waals surface area contributed by atoms with E-state index in [4.69, 9.17) is 0 Å². The van der Waals surface area contributed by atoms with Gasteiger partial charge in [0.2, 0.25) is 0 Å². The summed E-state index contributed by atoms with van der Waals surface area (Å²) in [7, 11) is -3.84. The van der Waals surface area contributed by atoms with Gasteiger partial charge in [-0.1, -0.05) is 37.3 Å². The zero-order valence-electron chi connectivity index (χ0n) is 11.1. The van der Waals surface area contributed by atoms with Crippen molar-refractivity contribution in [2.24, 2.45) is 0 Å². The lowest BCUT2D eigenvalue weighted by Crippen LogP contribution is -2.39. The summed E-state index contributed by atoms with van der Waals surface area (Å²) in [6.45, 7) is 2.32. The molecule has 0 fully saturated rings. The summed E-state index contributed by atoms with van der Waals surface area (Å²) in [5, 5.41) is 4.22. The highest BCUT2D eigenvalue weighted by atomic mass is 32.2. The minimum absolute atomic E-state index is 0.0721. The first kappa shape index (κ1) is 14.3. The first-order valence-corrected chi connectivity index (χ1v) is 7.80. The molecule has 2 aromatic rings. The van der Waals surface area contributed by atoms with Crippen LogP contribution in [0.5, 0.6) is 0 Å². The Hall–Kier alpha value is -2.08. The Morgan fingerprint density at radius 1 is 1.10 bits per heavy atom. The van der Waals surface area contributed by atoms with E-state index in [1.165, 1.54) is 6.07 Å². The third kappa shape index (κ3) is 3.27. The van der Waals surface area contributed by atoms with Crippen molar-refractivity contribution < 1.29 is 13.2 Å². The van der Waals surface area contributed by atoms with E-state index in [0.29, 0.717) is 6.54 Å². The van der Waals surface area contributed by atoms with Gasteiger partial charge in [0.05, 0.1) is 4.90 Å². The number of sulfonamides is 1. The Morgan fingerprint density at radius 3 is 2.50 bits per heavy atom. The van der Waals surface area contributed by atoms with Gasteiger partial charge in [-0.15, -0.1) is 0 Å². The fourth-order valence-electron chi connectivity index (χ4n) is 1.79. The minimum Gasteiger partial charge on any atom is -0.337 e. The molecule has 0 aliphatic heterocycles. The Kier molecular flexibility index (Phi) is 4.24. The van der Waals surface area contributed by atoms with Crippen LogP contribution in [0.3, 0.4) is 0 Å². The van der Waals surface area contributed by atoms with Crippen molar-refractivity contribution >= 4 is 26.8 Å². The number of nitrogens with one attached hydrogen (secondary N) is 2. The van der Waals surface area contributed by atoms with E-state index in [1.807, 2.05) is 35.9 Å². The summed E-state index contributed by atoms with van der Waals surface area (Å²) < 4.78 is 26.1. The molecule has 6 heteroatoms. The van der Waals surface area contributed by atoms with Crippen molar-refractivity contribution in [3.63, 3.8) is 0 Å². The van der Waals surface area contributed by atoms with Crippen LogP contribution in [0.25, 0.3) is 10.8 Å². The van der Waals surface area contributed by atoms with Crippen molar-refractivity contribution in [1.29, 1.82) is 0 Å². The number of amides is 2. The maximum absolute atomic E-state index is 12.1. The molecule has 2 rings (SSSR count). The van der Waals surface area contributed by atoms with Crippen LogP contribution in [0, 0.1) is 0 Å². The molecule has 0 saturated heterocycles. The molecule has 0 aliphatic carbocycles. The van der Waals surface area contributed by atoms with Crippen molar-refractivity contribution in [3.05, 3.63) is 42.5 Å². The Bertz CT molecular complexity index is 726. The van der Waals surface area contributed by atoms with Crippen LogP contribution >= 0.6 is 0 Å². The summed E-state index contributed by atoms with van der Waals surface area (Å²) in [4.78, 5) is 11.5. The molecule has 2 amide bonds. The summed E-state index contributed by atoms with van der Waals surface area (Å²) in [5.41, 5.74) is 0. The molecule has 20 heavy (non-hydrogen) atoms.